The van der Waals surface area contributed by atoms with Gasteiger partial charge in [-0.2, -0.15) is 0 Å². The summed E-state index contributed by atoms with van der Waals surface area (Å²) in [4.78, 5) is 20.5. The highest BCUT2D eigenvalue weighted by Gasteiger charge is 2.02. The molecule has 5 heteroatoms. The number of rotatable bonds is 3. The lowest BCUT2D eigenvalue weighted by atomic mass is 10.5. The molecule has 0 atom stereocenters. The minimum Gasteiger partial charge on any atom is -0.360 e. The molecule has 0 aliphatic rings. The highest BCUT2D eigenvalue weighted by atomic mass is 16.2. The van der Waals surface area contributed by atoms with Crippen molar-refractivity contribution in [3.05, 3.63) is 18.6 Å². The van der Waals surface area contributed by atoms with Crippen LogP contribution in [0.1, 0.15) is 0 Å². The Morgan fingerprint density at radius 1 is 1.54 bits per heavy atom. The molecule has 1 heterocycles. The average Bonchev–Trinajstić information content (AvgIpc) is 2.15. The Morgan fingerprint density at radius 3 is 2.85 bits per heavy atom. The molecule has 0 saturated heterocycles. The fourth-order valence-electron chi connectivity index (χ4n) is 0.715. The topological polar surface area (TPSA) is 58.1 Å². The van der Waals surface area contributed by atoms with Crippen LogP contribution in [0.5, 0.6) is 0 Å². The van der Waals surface area contributed by atoms with Crippen LogP contribution in [-0.2, 0) is 4.79 Å². The summed E-state index contributed by atoms with van der Waals surface area (Å²) in [7, 11) is 3.42. The summed E-state index contributed by atoms with van der Waals surface area (Å²) in [5, 5.41) is 2.86. The zero-order valence-electron chi connectivity index (χ0n) is 7.69. The molecule has 0 aliphatic carbocycles. The second kappa shape index (κ2) is 4.39. The molecule has 0 aromatic carbocycles. The van der Waals surface area contributed by atoms with Gasteiger partial charge in [0.1, 0.15) is 5.82 Å². The molecule has 1 aromatic heterocycles. The van der Waals surface area contributed by atoms with E-state index >= 15 is 0 Å². The van der Waals surface area contributed by atoms with Crippen LogP contribution in [0.15, 0.2) is 18.6 Å². The van der Waals surface area contributed by atoms with E-state index in [1.807, 2.05) is 0 Å². The Hall–Kier alpha value is -1.65. The number of hydrogen-bond donors (Lipinski definition) is 1. The minimum absolute atomic E-state index is 0.00523. The molecular weight excluding hydrogens is 168 g/mol. The lowest BCUT2D eigenvalue weighted by Crippen LogP contribution is -2.28. The van der Waals surface area contributed by atoms with Crippen LogP contribution in [-0.4, -0.2) is 41.4 Å². The van der Waals surface area contributed by atoms with E-state index in [-0.39, 0.29) is 12.5 Å². The minimum atomic E-state index is 0.00523. The van der Waals surface area contributed by atoms with Gasteiger partial charge in [0.05, 0.1) is 12.7 Å². The summed E-state index contributed by atoms with van der Waals surface area (Å²) >= 11 is 0. The van der Waals surface area contributed by atoms with Gasteiger partial charge in [0.15, 0.2) is 0 Å². The Kier molecular flexibility index (Phi) is 3.19. The Balaban J connectivity index is 2.40. The second-order valence-electron chi connectivity index (χ2n) is 2.73. The number of likely N-dealkylation sites (N-methyl/N-ethyl adjacent to an activating group) is 1. The molecule has 70 valence electrons. The number of carbonyl (C=O) groups is 1. The zero-order valence-corrected chi connectivity index (χ0v) is 7.69. The highest BCUT2D eigenvalue weighted by molar-refractivity contribution is 5.79. The van der Waals surface area contributed by atoms with Crippen LogP contribution in [0, 0.1) is 0 Å². The molecule has 1 N–H and O–H groups in total. The summed E-state index contributed by atoms with van der Waals surface area (Å²) in [5.41, 5.74) is 0. The van der Waals surface area contributed by atoms with E-state index in [4.69, 9.17) is 0 Å². The third kappa shape index (κ3) is 3.06. The van der Waals surface area contributed by atoms with Crippen LogP contribution in [0.2, 0.25) is 0 Å². The van der Waals surface area contributed by atoms with Crippen molar-refractivity contribution in [3.8, 4) is 0 Å². The fourth-order valence-corrected chi connectivity index (χ4v) is 0.715. The van der Waals surface area contributed by atoms with Crippen molar-refractivity contribution in [3.63, 3.8) is 0 Å². The van der Waals surface area contributed by atoms with Gasteiger partial charge in [-0.25, -0.2) is 4.98 Å². The van der Waals surface area contributed by atoms with Gasteiger partial charge in [-0.3, -0.25) is 9.78 Å². The highest BCUT2D eigenvalue weighted by Crippen LogP contribution is 1.95. The van der Waals surface area contributed by atoms with Gasteiger partial charge < -0.3 is 10.2 Å². The molecule has 5 nitrogen and oxygen atoms in total. The van der Waals surface area contributed by atoms with Crippen molar-refractivity contribution in [2.75, 3.05) is 26.0 Å². The molecule has 0 unspecified atom stereocenters. The molecule has 0 bridgehead atoms. The third-order valence-electron chi connectivity index (χ3n) is 1.48. The maximum absolute atomic E-state index is 11.1. The van der Waals surface area contributed by atoms with Crippen LogP contribution >= 0.6 is 0 Å². The summed E-state index contributed by atoms with van der Waals surface area (Å²) in [6.45, 7) is 0.242. The van der Waals surface area contributed by atoms with Crippen molar-refractivity contribution in [1.29, 1.82) is 0 Å². The van der Waals surface area contributed by atoms with Crippen molar-refractivity contribution < 1.29 is 4.79 Å². The molecule has 0 radical (unpaired) electrons. The number of hydrogen-bond acceptors (Lipinski definition) is 4. The van der Waals surface area contributed by atoms with Crippen molar-refractivity contribution in [1.82, 2.24) is 14.9 Å². The molecule has 0 spiro atoms. The Morgan fingerprint density at radius 2 is 2.31 bits per heavy atom. The monoisotopic (exact) mass is 180 g/mol. The zero-order chi connectivity index (χ0) is 9.68. The molecule has 1 rings (SSSR count). The first kappa shape index (κ1) is 9.44. The van der Waals surface area contributed by atoms with Gasteiger partial charge in [0, 0.05) is 26.5 Å². The van der Waals surface area contributed by atoms with Gasteiger partial charge >= 0.3 is 0 Å². The maximum Gasteiger partial charge on any atom is 0.241 e. The molecule has 0 aliphatic heterocycles. The molecule has 1 aromatic rings. The number of nitrogens with one attached hydrogen (secondary N) is 1. The molecular formula is C8H12N4O. The predicted octanol–water partition coefficient (Wildman–Crippen LogP) is -0.0233. The van der Waals surface area contributed by atoms with Gasteiger partial charge in [-0.1, -0.05) is 0 Å². The van der Waals surface area contributed by atoms with Crippen molar-refractivity contribution in [2.45, 2.75) is 0 Å². The fraction of sp³-hybridized carbons (Fsp3) is 0.375. The lowest BCUT2D eigenvalue weighted by molar-refractivity contribution is -0.126. The summed E-state index contributed by atoms with van der Waals surface area (Å²) in [6.07, 6.45) is 4.73. The SMILES string of the molecule is CN(C)C(=O)CNc1cnccn1. The quantitative estimate of drug-likeness (QED) is 0.710. The molecule has 0 saturated carbocycles. The predicted molar refractivity (Wildman–Crippen MR) is 49.2 cm³/mol. The van der Waals surface area contributed by atoms with E-state index in [9.17, 15) is 4.79 Å². The Bertz CT molecular complexity index is 273. The molecule has 1 amide bonds. The first-order chi connectivity index (χ1) is 6.20. The van der Waals surface area contributed by atoms with Crippen molar-refractivity contribution in [2.24, 2.45) is 0 Å². The molecule has 0 fully saturated rings. The van der Waals surface area contributed by atoms with Crippen molar-refractivity contribution >= 4 is 11.7 Å². The van der Waals surface area contributed by atoms with E-state index in [0.29, 0.717) is 5.82 Å². The standard InChI is InChI=1S/C8H12N4O/c1-12(2)8(13)6-11-7-5-9-3-4-10-7/h3-5H,6H2,1-2H3,(H,10,11). The first-order valence-electron chi connectivity index (χ1n) is 3.90. The largest absolute Gasteiger partial charge is 0.360 e. The number of carbonyl (C=O) groups excluding carboxylic acids is 1. The van der Waals surface area contributed by atoms with Gasteiger partial charge in [0.25, 0.3) is 0 Å². The average molecular weight is 180 g/mol. The first-order valence-corrected chi connectivity index (χ1v) is 3.90. The van der Waals surface area contributed by atoms with E-state index in [1.165, 1.54) is 4.90 Å². The normalized spacial score (nSPS) is 9.38. The Labute approximate surface area is 76.8 Å². The number of anilines is 1. The van der Waals surface area contributed by atoms with E-state index in [2.05, 4.69) is 15.3 Å². The number of nitrogens with zero attached hydrogens (tertiary/aromatic N) is 3. The van der Waals surface area contributed by atoms with Crippen LogP contribution in [0.4, 0.5) is 5.82 Å². The van der Waals surface area contributed by atoms with E-state index < -0.39 is 0 Å². The van der Waals surface area contributed by atoms with Crippen LogP contribution < -0.4 is 5.32 Å². The second-order valence-corrected chi connectivity index (χ2v) is 2.73. The number of amides is 1. The van der Waals surface area contributed by atoms with Gasteiger partial charge in [-0.05, 0) is 0 Å². The number of aromatic nitrogens is 2. The summed E-state index contributed by atoms with van der Waals surface area (Å²) in [6, 6.07) is 0. The van der Waals surface area contributed by atoms with Gasteiger partial charge in [0.2, 0.25) is 5.91 Å². The maximum atomic E-state index is 11.1. The van der Waals surface area contributed by atoms with Crippen LogP contribution in [0.3, 0.4) is 0 Å². The van der Waals surface area contributed by atoms with E-state index in [0.717, 1.165) is 0 Å². The summed E-state index contributed by atoms with van der Waals surface area (Å²) < 4.78 is 0. The smallest absolute Gasteiger partial charge is 0.241 e. The lowest BCUT2D eigenvalue weighted by Gasteiger charge is -2.10. The van der Waals surface area contributed by atoms with Gasteiger partial charge in [-0.15, -0.1) is 0 Å². The van der Waals surface area contributed by atoms with Crippen LogP contribution in [0.25, 0.3) is 0 Å². The van der Waals surface area contributed by atoms with E-state index in [1.54, 1.807) is 32.7 Å². The summed E-state index contributed by atoms with van der Waals surface area (Å²) in [5.74, 6) is 0.614. The molecule has 13 heavy (non-hydrogen) atoms. The third-order valence-corrected chi connectivity index (χ3v) is 1.48.